The standard InChI is InChI=1S/C34H26ClN3O3/c1-21-29-31(33(39)24-13-19-28(41-3)20-14-24)30(22-9-15-25(35)16-10-22)32(23-11-17-27(40-2)18-12-23)36-34(29)38(37-21)26-7-5-4-6-8-26/h4-20H,1-3H3. The molecule has 0 aliphatic heterocycles. The molecule has 0 saturated carbocycles. The van der Waals surface area contributed by atoms with Crippen LogP contribution in [0.3, 0.4) is 0 Å². The topological polar surface area (TPSA) is 66.2 Å². The molecule has 41 heavy (non-hydrogen) atoms. The summed E-state index contributed by atoms with van der Waals surface area (Å²) in [6.07, 6.45) is 0. The van der Waals surface area contributed by atoms with Gasteiger partial charge in [-0.1, -0.05) is 41.9 Å². The quantitative estimate of drug-likeness (QED) is 0.186. The maximum absolute atomic E-state index is 14.6. The molecule has 0 unspecified atom stereocenters. The number of rotatable bonds is 7. The van der Waals surface area contributed by atoms with Gasteiger partial charge < -0.3 is 9.47 Å². The Morgan fingerprint density at radius 2 is 1.34 bits per heavy atom. The predicted octanol–water partition coefficient (Wildman–Crippen LogP) is 7.96. The summed E-state index contributed by atoms with van der Waals surface area (Å²) in [7, 11) is 3.23. The van der Waals surface area contributed by atoms with Crippen LogP contribution in [0, 0.1) is 6.92 Å². The average Bonchev–Trinajstić information content (AvgIpc) is 3.36. The summed E-state index contributed by atoms with van der Waals surface area (Å²) in [6, 6.07) is 32.1. The van der Waals surface area contributed by atoms with Crippen molar-refractivity contribution in [2.45, 2.75) is 6.92 Å². The summed E-state index contributed by atoms with van der Waals surface area (Å²) < 4.78 is 12.5. The SMILES string of the molecule is COc1ccc(C(=O)c2c(-c3ccc(Cl)cc3)c(-c3ccc(OC)cc3)nc3c2c(C)nn3-c2ccccc2)cc1. The van der Waals surface area contributed by atoms with E-state index >= 15 is 0 Å². The molecule has 7 heteroatoms. The molecule has 0 amide bonds. The fourth-order valence-electron chi connectivity index (χ4n) is 5.03. The lowest BCUT2D eigenvalue weighted by Gasteiger charge is -2.17. The van der Waals surface area contributed by atoms with Gasteiger partial charge in [-0.05, 0) is 85.3 Å². The number of hydrogen-bond acceptors (Lipinski definition) is 5. The Kier molecular flexibility index (Phi) is 7.00. The number of benzene rings is 4. The highest BCUT2D eigenvalue weighted by atomic mass is 35.5. The van der Waals surface area contributed by atoms with E-state index in [0.717, 1.165) is 22.6 Å². The number of fused-ring (bicyclic) bond motifs is 1. The summed E-state index contributed by atoms with van der Waals surface area (Å²) in [6.45, 7) is 1.91. The lowest BCUT2D eigenvalue weighted by molar-refractivity contribution is 0.104. The van der Waals surface area contributed by atoms with Gasteiger partial charge in [0, 0.05) is 27.3 Å². The number of carbonyl (C=O) groups is 1. The lowest BCUT2D eigenvalue weighted by Crippen LogP contribution is -2.08. The van der Waals surface area contributed by atoms with E-state index in [4.69, 9.17) is 31.2 Å². The van der Waals surface area contributed by atoms with Crippen LogP contribution in [0.4, 0.5) is 0 Å². The number of nitrogens with zero attached hydrogens (tertiary/aromatic N) is 3. The van der Waals surface area contributed by atoms with E-state index in [9.17, 15) is 4.79 Å². The molecule has 0 spiro atoms. The number of halogens is 1. The number of hydrogen-bond donors (Lipinski definition) is 0. The number of para-hydroxylation sites is 1. The molecule has 202 valence electrons. The normalized spacial score (nSPS) is 11.0. The third-order valence-electron chi connectivity index (χ3n) is 7.07. The van der Waals surface area contributed by atoms with Crippen molar-refractivity contribution >= 4 is 28.4 Å². The van der Waals surface area contributed by atoms with Gasteiger partial charge in [0.15, 0.2) is 11.4 Å². The van der Waals surface area contributed by atoms with Gasteiger partial charge in [0.1, 0.15) is 11.5 Å². The smallest absolute Gasteiger partial charge is 0.194 e. The minimum Gasteiger partial charge on any atom is -0.497 e. The van der Waals surface area contributed by atoms with Gasteiger partial charge >= 0.3 is 0 Å². The Labute approximate surface area is 242 Å². The van der Waals surface area contributed by atoms with E-state index in [-0.39, 0.29) is 5.78 Å². The van der Waals surface area contributed by atoms with Crippen molar-refractivity contribution in [1.82, 2.24) is 14.8 Å². The molecule has 0 aliphatic rings. The first-order chi connectivity index (χ1) is 20.0. The average molecular weight is 560 g/mol. The summed E-state index contributed by atoms with van der Waals surface area (Å²) in [5.41, 5.74) is 6.19. The number of pyridine rings is 1. The molecule has 0 fully saturated rings. The minimum absolute atomic E-state index is 0.143. The largest absolute Gasteiger partial charge is 0.497 e. The Hall–Kier alpha value is -4.94. The number of methoxy groups -OCH3 is 2. The highest BCUT2D eigenvalue weighted by Gasteiger charge is 2.28. The van der Waals surface area contributed by atoms with E-state index in [2.05, 4.69) is 0 Å². The number of aryl methyl sites for hydroxylation is 1. The van der Waals surface area contributed by atoms with Crippen LogP contribution < -0.4 is 9.47 Å². The van der Waals surface area contributed by atoms with E-state index in [1.165, 1.54) is 0 Å². The molecule has 6 aromatic rings. The summed E-state index contributed by atoms with van der Waals surface area (Å²) in [4.78, 5) is 19.8. The number of aromatic nitrogens is 3. The Morgan fingerprint density at radius 1 is 0.756 bits per heavy atom. The number of ether oxygens (including phenoxy) is 2. The zero-order chi connectivity index (χ0) is 28.5. The molecule has 6 nitrogen and oxygen atoms in total. The fraction of sp³-hybridized carbons (Fsp3) is 0.0882. The maximum atomic E-state index is 14.6. The monoisotopic (exact) mass is 559 g/mol. The second-order valence-corrected chi connectivity index (χ2v) is 9.97. The van der Waals surface area contributed by atoms with E-state index in [1.54, 1.807) is 43.2 Å². The van der Waals surface area contributed by atoms with Gasteiger partial charge in [0.05, 0.1) is 36.7 Å². The maximum Gasteiger partial charge on any atom is 0.194 e. The first kappa shape index (κ1) is 26.3. The van der Waals surface area contributed by atoms with Crippen molar-refractivity contribution in [3.8, 4) is 39.6 Å². The first-order valence-electron chi connectivity index (χ1n) is 13.1. The molecule has 0 bridgehead atoms. The molecule has 0 aliphatic carbocycles. The predicted molar refractivity (Wildman–Crippen MR) is 162 cm³/mol. The van der Waals surface area contributed by atoms with Crippen LogP contribution in [0.15, 0.2) is 103 Å². The third kappa shape index (κ3) is 4.83. The number of carbonyl (C=O) groups excluding carboxylic acids is 1. The molecule has 2 heterocycles. The van der Waals surface area contributed by atoms with Crippen molar-refractivity contribution in [2.75, 3.05) is 14.2 Å². The van der Waals surface area contributed by atoms with Crippen molar-refractivity contribution in [1.29, 1.82) is 0 Å². The van der Waals surface area contributed by atoms with Crippen molar-refractivity contribution in [3.63, 3.8) is 0 Å². The van der Waals surface area contributed by atoms with Gasteiger partial charge in [0.25, 0.3) is 0 Å². The van der Waals surface area contributed by atoms with Crippen molar-refractivity contribution < 1.29 is 14.3 Å². The zero-order valence-corrected chi connectivity index (χ0v) is 23.5. The molecule has 0 radical (unpaired) electrons. The highest BCUT2D eigenvalue weighted by molar-refractivity contribution is 6.30. The van der Waals surface area contributed by atoms with Gasteiger partial charge in [-0.25, -0.2) is 9.67 Å². The second kappa shape index (κ2) is 10.9. The van der Waals surface area contributed by atoms with Crippen LogP contribution in [0.1, 0.15) is 21.6 Å². The second-order valence-electron chi connectivity index (χ2n) is 9.53. The fourth-order valence-corrected chi connectivity index (χ4v) is 5.16. The number of ketones is 1. The van der Waals surface area contributed by atoms with Crippen molar-refractivity contribution in [3.05, 3.63) is 125 Å². The summed E-state index contributed by atoms with van der Waals surface area (Å²) >= 11 is 6.29. The van der Waals surface area contributed by atoms with Gasteiger partial charge in [0.2, 0.25) is 0 Å². The highest BCUT2D eigenvalue weighted by Crippen LogP contribution is 2.41. The zero-order valence-electron chi connectivity index (χ0n) is 22.8. The van der Waals surface area contributed by atoms with E-state index < -0.39 is 0 Å². The van der Waals surface area contributed by atoms with Crippen LogP contribution in [0.2, 0.25) is 5.02 Å². The van der Waals surface area contributed by atoms with E-state index in [0.29, 0.717) is 49.9 Å². The van der Waals surface area contributed by atoms with Crippen LogP contribution in [0.5, 0.6) is 11.5 Å². The molecular formula is C34H26ClN3O3. The molecule has 6 rings (SSSR count). The first-order valence-corrected chi connectivity index (χ1v) is 13.4. The molecular weight excluding hydrogens is 534 g/mol. The van der Waals surface area contributed by atoms with E-state index in [1.807, 2.05) is 85.8 Å². The van der Waals surface area contributed by atoms with Crippen LogP contribution >= 0.6 is 11.6 Å². The third-order valence-corrected chi connectivity index (χ3v) is 7.32. The minimum atomic E-state index is -0.143. The Morgan fingerprint density at radius 3 is 1.95 bits per heavy atom. The Bertz CT molecular complexity index is 1860. The molecule has 2 aromatic heterocycles. The van der Waals surface area contributed by atoms with Gasteiger partial charge in [-0.3, -0.25) is 4.79 Å². The molecule has 0 N–H and O–H groups in total. The lowest BCUT2D eigenvalue weighted by atomic mass is 9.88. The molecule has 0 saturated heterocycles. The summed E-state index contributed by atoms with van der Waals surface area (Å²) in [5.74, 6) is 1.25. The van der Waals surface area contributed by atoms with Crippen LogP contribution in [-0.2, 0) is 0 Å². The van der Waals surface area contributed by atoms with Crippen LogP contribution in [-0.4, -0.2) is 34.8 Å². The molecule has 0 atom stereocenters. The van der Waals surface area contributed by atoms with Gasteiger partial charge in [-0.2, -0.15) is 5.10 Å². The summed E-state index contributed by atoms with van der Waals surface area (Å²) in [5, 5.41) is 6.17. The Balaban J connectivity index is 1.74. The van der Waals surface area contributed by atoms with Crippen molar-refractivity contribution in [2.24, 2.45) is 0 Å². The molecule has 4 aromatic carbocycles. The van der Waals surface area contributed by atoms with Gasteiger partial charge in [-0.15, -0.1) is 0 Å². The van der Waals surface area contributed by atoms with Crippen LogP contribution in [0.25, 0.3) is 39.1 Å².